The molecule has 1 heteroatoms. The normalized spacial score (nSPS) is 18.9. The van der Waals surface area contributed by atoms with E-state index in [1.165, 1.54) is 42.6 Å². The highest BCUT2D eigenvalue weighted by atomic mass is 16.5. The van der Waals surface area contributed by atoms with E-state index in [9.17, 15) is 0 Å². The lowest BCUT2D eigenvalue weighted by Gasteiger charge is -2.14. The minimum absolute atomic E-state index is 0.818. The summed E-state index contributed by atoms with van der Waals surface area (Å²) >= 11 is 0. The number of aryl methyl sites for hydroxylation is 1. The number of hydrogen-bond donors (Lipinski definition) is 0. The third-order valence-corrected chi connectivity index (χ3v) is 3.78. The van der Waals surface area contributed by atoms with Crippen molar-refractivity contribution in [3.8, 4) is 0 Å². The molecule has 0 spiro atoms. The lowest BCUT2D eigenvalue weighted by Crippen LogP contribution is -1.99. The molecule has 2 fully saturated rings. The summed E-state index contributed by atoms with van der Waals surface area (Å²) in [4.78, 5) is 0. The number of methoxy groups -OCH3 is 1. The molecule has 2 aliphatic carbocycles. The fourth-order valence-corrected chi connectivity index (χ4v) is 2.68. The molecule has 1 nitrogen and oxygen atoms in total. The molecule has 0 unspecified atom stereocenters. The number of rotatable bonds is 4. The quantitative estimate of drug-likeness (QED) is 0.703. The highest BCUT2D eigenvalue weighted by Crippen LogP contribution is 2.51. The Kier molecular flexibility index (Phi) is 2.70. The molecule has 17 heavy (non-hydrogen) atoms. The van der Waals surface area contributed by atoms with E-state index < -0.39 is 0 Å². The van der Waals surface area contributed by atoms with Crippen LogP contribution in [0.5, 0.6) is 0 Å². The molecule has 1 aromatic rings. The number of hydrogen-bond acceptors (Lipinski definition) is 1. The Hall–Kier alpha value is -1.24. The Morgan fingerprint density at radius 3 is 2.24 bits per heavy atom. The first kappa shape index (κ1) is 10.9. The molecule has 0 amide bonds. The molecular weight excluding hydrogens is 208 g/mol. The molecule has 0 aromatic heterocycles. The van der Waals surface area contributed by atoms with Gasteiger partial charge in [-0.1, -0.05) is 23.8 Å². The average Bonchev–Trinajstić information content (AvgIpc) is 3.18. The number of allylic oxidation sites excluding steroid dienone is 1. The predicted molar refractivity (Wildman–Crippen MR) is 70.6 cm³/mol. The van der Waals surface area contributed by atoms with Gasteiger partial charge in [-0.2, -0.15) is 0 Å². The van der Waals surface area contributed by atoms with Crippen LogP contribution in [0.15, 0.2) is 29.8 Å². The smallest absolute Gasteiger partial charge is 0.125 e. The minimum Gasteiger partial charge on any atom is -0.496 e. The van der Waals surface area contributed by atoms with Gasteiger partial charge in [-0.15, -0.1) is 0 Å². The first-order chi connectivity index (χ1) is 8.29. The van der Waals surface area contributed by atoms with Gasteiger partial charge in [0.05, 0.1) is 7.11 Å². The Morgan fingerprint density at radius 2 is 1.76 bits per heavy atom. The first-order valence-electron chi connectivity index (χ1n) is 6.64. The van der Waals surface area contributed by atoms with Gasteiger partial charge in [0.1, 0.15) is 5.76 Å². The van der Waals surface area contributed by atoms with Gasteiger partial charge < -0.3 is 4.74 Å². The second-order valence-corrected chi connectivity index (χ2v) is 5.41. The standard InChI is InChI=1S/C16H20O/c1-11-4-3-5-14(10-11)16(17-2)15(12-6-7-12)13-8-9-13/h3-5,10,12-13H,6-9H2,1-2H3. The molecule has 0 atom stereocenters. The van der Waals surface area contributed by atoms with E-state index in [1.807, 2.05) is 7.11 Å². The first-order valence-corrected chi connectivity index (χ1v) is 6.64. The Bertz CT molecular complexity index is 436. The van der Waals surface area contributed by atoms with E-state index in [4.69, 9.17) is 4.74 Å². The molecule has 0 N–H and O–H groups in total. The van der Waals surface area contributed by atoms with Gasteiger partial charge in [-0.25, -0.2) is 0 Å². The van der Waals surface area contributed by atoms with Crippen LogP contribution in [-0.2, 0) is 4.74 Å². The van der Waals surface area contributed by atoms with Crippen molar-refractivity contribution in [2.24, 2.45) is 11.8 Å². The molecule has 0 bridgehead atoms. The lowest BCUT2D eigenvalue weighted by molar-refractivity contribution is 0.362. The van der Waals surface area contributed by atoms with Crippen LogP contribution < -0.4 is 0 Å². The predicted octanol–water partition coefficient (Wildman–Crippen LogP) is 4.17. The van der Waals surface area contributed by atoms with Crippen molar-refractivity contribution in [1.29, 1.82) is 0 Å². The van der Waals surface area contributed by atoms with Crippen molar-refractivity contribution < 1.29 is 4.74 Å². The maximum atomic E-state index is 5.74. The number of ether oxygens (including phenoxy) is 1. The fraction of sp³-hybridized carbons (Fsp3) is 0.500. The van der Waals surface area contributed by atoms with Crippen molar-refractivity contribution in [1.82, 2.24) is 0 Å². The highest BCUT2D eigenvalue weighted by molar-refractivity contribution is 5.65. The van der Waals surface area contributed by atoms with Gasteiger partial charge in [0.2, 0.25) is 0 Å². The van der Waals surface area contributed by atoms with Crippen molar-refractivity contribution in [3.63, 3.8) is 0 Å². The van der Waals surface area contributed by atoms with E-state index in [2.05, 4.69) is 31.2 Å². The van der Waals surface area contributed by atoms with E-state index in [-0.39, 0.29) is 0 Å². The summed E-state index contributed by atoms with van der Waals surface area (Å²) in [6.07, 6.45) is 5.46. The molecule has 0 radical (unpaired) electrons. The Morgan fingerprint density at radius 1 is 1.12 bits per heavy atom. The second-order valence-electron chi connectivity index (χ2n) is 5.41. The molecule has 0 aliphatic heterocycles. The van der Waals surface area contributed by atoms with Crippen LogP contribution in [-0.4, -0.2) is 7.11 Å². The molecule has 3 rings (SSSR count). The zero-order chi connectivity index (χ0) is 11.8. The van der Waals surface area contributed by atoms with Gasteiger partial charge in [-0.3, -0.25) is 0 Å². The Balaban J connectivity index is 2.03. The summed E-state index contributed by atoms with van der Waals surface area (Å²) in [7, 11) is 1.82. The minimum atomic E-state index is 0.818. The van der Waals surface area contributed by atoms with Crippen LogP contribution in [0.25, 0.3) is 5.76 Å². The second kappa shape index (κ2) is 4.21. The van der Waals surface area contributed by atoms with Crippen molar-refractivity contribution in [3.05, 3.63) is 41.0 Å². The van der Waals surface area contributed by atoms with Gasteiger partial charge in [0.15, 0.2) is 0 Å². The SMILES string of the molecule is COC(=C(C1CC1)C1CC1)c1cccc(C)c1. The molecule has 0 heterocycles. The summed E-state index contributed by atoms with van der Waals surface area (Å²) in [5, 5.41) is 0. The Labute approximate surface area is 103 Å². The van der Waals surface area contributed by atoms with Gasteiger partial charge in [-0.05, 0) is 56.1 Å². The van der Waals surface area contributed by atoms with E-state index in [1.54, 1.807) is 5.57 Å². The van der Waals surface area contributed by atoms with E-state index in [0.29, 0.717) is 0 Å². The number of benzene rings is 1. The molecule has 1 aromatic carbocycles. The van der Waals surface area contributed by atoms with Gasteiger partial charge >= 0.3 is 0 Å². The lowest BCUT2D eigenvalue weighted by atomic mass is 9.99. The highest BCUT2D eigenvalue weighted by Gasteiger charge is 2.39. The molecule has 0 saturated heterocycles. The average molecular weight is 228 g/mol. The van der Waals surface area contributed by atoms with E-state index >= 15 is 0 Å². The topological polar surface area (TPSA) is 9.23 Å². The zero-order valence-corrected chi connectivity index (χ0v) is 10.7. The monoisotopic (exact) mass is 228 g/mol. The van der Waals surface area contributed by atoms with Crippen molar-refractivity contribution >= 4 is 5.76 Å². The van der Waals surface area contributed by atoms with Crippen LogP contribution >= 0.6 is 0 Å². The van der Waals surface area contributed by atoms with Gasteiger partial charge in [0.25, 0.3) is 0 Å². The summed E-state index contributed by atoms with van der Waals surface area (Å²) in [6.45, 7) is 2.14. The molecular formula is C16H20O. The van der Waals surface area contributed by atoms with Crippen LogP contribution in [0.4, 0.5) is 0 Å². The fourth-order valence-electron chi connectivity index (χ4n) is 2.68. The van der Waals surface area contributed by atoms with Gasteiger partial charge in [0, 0.05) is 5.56 Å². The summed E-state index contributed by atoms with van der Waals surface area (Å²) in [6, 6.07) is 8.69. The maximum Gasteiger partial charge on any atom is 0.125 e. The van der Waals surface area contributed by atoms with E-state index in [0.717, 1.165) is 11.8 Å². The third kappa shape index (κ3) is 2.24. The summed E-state index contributed by atoms with van der Waals surface area (Å²) in [5.41, 5.74) is 4.18. The van der Waals surface area contributed by atoms with Crippen molar-refractivity contribution in [2.75, 3.05) is 7.11 Å². The van der Waals surface area contributed by atoms with Crippen LogP contribution in [0.3, 0.4) is 0 Å². The van der Waals surface area contributed by atoms with Crippen LogP contribution in [0.1, 0.15) is 36.8 Å². The molecule has 2 saturated carbocycles. The summed E-state index contributed by atoms with van der Waals surface area (Å²) < 4.78 is 5.74. The molecule has 2 aliphatic rings. The molecule has 90 valence electrons. The maximum absolute atomic E-state index is 5.74. The van der Waals surface area contributed by atoms with Crippen LogP contribution in [0, 0.1) is 18.8 Å². The van der Waals surface area contributed by atoms with Crippen molar-refractivity contribution in [2.45, 2.75) is 32.6 Å². The van der Waals surface area contributed by atoms with Crippen LogP contribution in [0.2, 0.25) is 0 Å². The zero-order valence-electron chi connectivity index (χ0n) is 10.7. The summed E-state index contributed by atoms with van der Waals surface area (Å²) in [5.74, 6) is 2.80. The largest absolute Gasteiger partial charge is 0.496 e. The third-order valence-electron chi connectivity index (χ3n) is 3.78.